The fraction of sp³-hybridized carbons (Fsp3) is 0.265. The zero-order chi connectivity index (χ0) is 29.9. The van der Waals surface area contributed by atoms with Crippen LogP contribution in [-0.4, -0.2) is 26.4 Å². The lowest BCUT2D eigenvalue weighted by Crippen LogP contribution is -2.19. The molecule has 8 heteroatoms. The van der Waals surface area contributed by atoms with E-state index in [4.69, 9.17) is 28.1 Å². The largest absolute Gasteiger partial charge is 0.497 e. The summed E-state index contributed by atoms with van der Waals surface area (Å²) in [6.45, 7) is 4.24. The summed E-state index contributed by atoms with van der Waals surface area (Å²) >= 11 is 0. The molecular formula is C34H34O8. The minimum absolute atomic E-state index is 0.266. The van der Waals surface area contributed by atoms with Gasteiger partial charge in [-0.05, 0) is 66.4 Å². The van der Waals surface area contributed by atoms with E-state index in [1.165, 1.54) is 0 Å². The van der Waals surface area contributed by atoms with Crippen molar-refractivity contribution in [2.75, 3.05) is 21.3 Å². The van der Waals surface area contributed by atoms with Crippen LogP contribution in [0.3, 0.4) is 0 Å². The minimum atomic E-state index is -1.04. The molecule has 218 valence electrons. The SMILES string of the molecule is CCC(C)(O)c1ccc2c(c1)c(=O)oc1cc(OCc3ccc(OCc4cc(OC)cc(OC)c4)cc3)c(OC)cc12. The van der Waals surface area contributed by atoms with E-state index in [0.29, 0.717) is 69.1 Å². The van der Waals surface area contributed by atoms with E-state index in [9.17, 15) is 9.90 Å². The van der Waals surface area contributed by atoms with Gasteiger partial charge in [0.25, 0.3) is 0 Å². The van der Waals surface area contributed by atoms with E-state index in [1.54, 1.807) is 46.5 Å². The molecule has 0 spiro atoms. The standard InChI is InChI=1S/C34H34O8/c1-6-34(2,36)23-9-12-27-28-17-31(39-5)32(18-30(28)42-33(35)29(27)15-23)41-19-21-7-10-24(11-8-21)40-20-22-13-25(37-3)16-26(14-22)38-4/h7-18,36H,6,19-20H2,1-5H3. The van der Waals surface area contributed by atoms with Gasteiger partial charge in [-0.15, -0.1) is 0 Å². The third-order valence-electron chi connectivity index (χ3n) is 7.44. The lowest BCUT2D eigenvalue weighted by atomic mass is 9.91. The zero-order valence-electron chi connectivity index (χ0n) is 24.4. The maximum absolute atomic E-state index is 12.9. The third-order valence-corrected chi connectivity index (χ3v) is 7.44. The Bertz CT molecular complexity index is 1750. The van der Waals surface area contributed by atoms with Crippen LogP contribution in [0.4, 0.5) is 0 Å². The second kappa shape index (κ2) is 12.0. The Morgan fingerprint density at radius 2 is 1.38 bits per heavy atom. The first kappa shape index (κ1) is 28.8. The molecule has 8 nitrogen and oxygen atoms in total. The number of methoxy groups -OCH3 is 3. The highest BCUT2D eigenvalue weighted by Gasteiger charge is 2.22. The first-order valence-corrected chi connectivity index (χ1v) is 13.6. The highest BCUT2D eigenvalue weighted by Crippen LogP contribution is 2.36. The van der Waals surface area contributed by atoms with Crippen LogP contribution in [0.1, 0.15) is 37.0 Å². The molecule has 1 heterocycles. The molecule has 0 saturated carbocycles. The molecule has 0 aliphatic carbocycles. The van der Waals surface area contributed by atoms with Crippen molar-refractivity contribution in [3.63, 3.8) is 0 Å². The van der Waals surface area contributed by atoms with Gasteiger partial charge in [0.1, 0.15) is 36.0 Å². The third kappa shape index (κ3) is 5.99. The molecule has 0 aliphatic rings. The lowest BCUT2D eigenvalue weighted by molar-refractivity contribution is 0.0532. The van der Waals surface area contributed by atoms with Crippen LogP contribution in [0.2, 0.25) is 0 Å². The van der Waals surface area contributed by atoms with Crippen LogP contribution in [0.15, 0.2) is 82.0 Å². The molecule has 5 rings (SSSR count). The average Bonchev–Trinajstić information content (AvgIpc) is 3.02. The van der Waals surface area contributed by atoms with Gasteiger partial charge in [-0.1, -0.05) is 31.2 Å². The van der Waals surface area contributed by atoms with Gasteiger partial charge in [0.15, 0.2) is 11.5 Å². The van der Waals surface area contributed by atoms with Crippen molar-refractivity contribution < 1.29 is 33.2 Å². The van der Waals surface area contributed by atoms with Crippen molar-refractivity contribution >= 4 is 21.7 Å². The Morgan fingerprint density at radius 3 is 2.02 bits per heavy atom. The number of benzene rings is 4. The Hall–Kier alpha value is -4.69. The van der Waals surface area contributed by atoms with Gasteiger partial charge in [0, 0.05) is 22.9 Å². The maximum atomic E-state index is 12.9. The highest BCUT2D eigenvalue weighted by molar-refractivity contribution is 6.05. The quantitative estimate of drug-likeness (QED) is 0.138. The predicted molar refractivity (Wildman–Crippen MR) is 161 cm³/mol. The molecule has 0 bridgehead atoms. The zero-order valence-corrected chi connectivity index (χ0v) is 24.4. The second-order valence-electron chi connectivity index (χ2n) is 10.2. The van der Waals surface area contributed by atoms with Crippen LogP contribution >= 0.6 is 0 Å². The fourth-order valence-electron chi connectivity index (χ4n) is 4.71. The summed E-state index contributed by atoms with van der Waals surface area (Å²) in [6, 6.07) is 22.1. The Balaban J connectivity index is 1.32. The number of hydrogen-bond donors (Lipinski definition) is 1. The molecule has 1 aromatic heterocycles. The van der Waals surface area contributed by atoms with Gasteiger partial charge >= 0.3 is 5.63 Å². The average molecular weight is 571 g/mol. The lowest BCUT2D eigenvalue weighted by Gasteiger charge is -2.22. The number of fused-ring (bicyclic) bond motifs is 3. The second-order valence-corrected chi connectivity index (χ2v) is 10.2. The molecule has 0 radical (unpaired) electrons. The fourth-order valence-corrected chi connectivity index (χ4v) is 4.71. The first-order chi connectivity index (χ1) is 20.2. The van der Waals surface area contributed by atoms with Gasteiger partial charge in [-0.2, -0.15) is 0 Å². The van der Waals surface area contributed by atoms with E-state index in [1.807, 2.05) is 61.5 Å². The maximum Gasteiger partial charge on any atom is 0.344 e. The van der Waals surface area contributed by atoms with E-state index in [0.717, 1.165) is 11.1 Å². The van der Waals surface area contributed by atoms with Crippen molar-refractivity contribution in [2.24, 2.45) is 0 Å². The van der Waals surface area contributed by atoms with Crippen molar-refractivity contribution in [1.82, 2.24) is 0 Å². The van der Waals surface area contributed by atoms with Gasteiger partial charge in [-0.25, -0.2) is 4.79 Å². The van der Waals surface area contributed by atoms with Crippen molar-refractivity contribution in [2.45, 2.75) is 39.1 Å². The van der Waals surface area contributed by atoms with E-state index in [-0.39, 0.29) is 6.61 Å². The van der Waals surface area contributed by atoms with Crippen molar-refractivity contribution in [3.8, 4) is 28.7 Å². The Kier molecular flexibility index (Phi) is 8.27. The summed E-state index contributed by atoms with van der Waals surface area (Å²) < 4.78 is 34.0. The van der Waals surface area contributed by atoms with Crippen LogP contribution in [0.5, 0.6) is 28.7 Å². The minimum Gasteiger partial charge on any atom is -0.497 e. The van der Waals surface area contributed by atoms with Crippen molar-refractivity contribution in [1.29, 1.82) is 0 Å². The summed E-state index contributed by atoms with van der Waals surface area (Å²) in [5.74, 6) is 3.07. The number of rotatable bonds is 11. The topological polar surface area (TPSA) is 96.6 Å². The number of aliphatic hydroxyl groups is 1. The molecule has 1 N–H and O–H groups in total. The summed E-state index contributed by atoms with van der Waals surface area (Å²) in [5.41, 5.74) is 1.37. The van der Waals surface area contributed by atoms with Gasteiger partial charge in [-0.3, -0.25) is 0 Å². The number of hydrogen-bond acceptors (Lipinski definition) is 8. The molecule has 0 saturated heterocycles. The molecule has 5 aromatic rings. The summed E-state index contributed by atoms with van der Waals surface area (Å²) in [6.07, 6.45) is 0.515. The molecule has 0 aliphatic heterocycles. The number of ether oxygens (including phenoxy) is 5. The molecule has 42 heavy (non-hydrogen) atoms. The van der Waals surface area contributed by atoms with Crippen LogP contribution < -0.4 is 29.3 Å². The summed E-state index contributed by atoms with van der Waals surface area (Å²) in [4.78, 5) is 12.9. The van der Waals surface area contributed by atoms with Gasteiger partial charge < -0.3 is 33.2 Å². The molecule has 1 unspecified atom stereocenters. The molecule has 1 atom stereocenters. The molecule has 4 aromatic carbocycles. The van der Waals surface area contributed by atoms with Crippen LogP contribution in [0, 0.1) is 0 Å². The Labute approximate surface area is 244 Å². The molecular weight excluding hydrogens is 536 g/mol. The normalized spacial score (nSPS) is 12.6. The first-order valence-electron chi connectivity index (χ1n) is 13.6. The summed E-state index contributed by atoms with van der Waals surface area (Å²) in [7, 11) is 4.79. The van der Waals surface area contributed by atoms with Crippen LogP contribution in [-0.2, 0) is 18.8 Å². The monoisotopic (exact) mass is 570 g/mol. The predicted octanol–water partition coefficient (Wildman–Crippen LogP) is 6.75. The van der Waals surface area contributed by atoms with Crippen LogP contribution in [0.25, 0.3) is 21.7 Å². The molecule has 0 fully saturated rings. The summed E-state index contributed by atoms with van der Waals surface area (Å²) in [5, 5.41) is 12.5. The van der Waals surface area contributed by atoms with E-state index >= 15 is 0 Å². The van der Waals surface area contributed by atoms with Crippen molar-refractivity contribution in [3.05, 3.63) is 99.9 Å². The van der Waals surface area contributed by atoms with E-state index in [2.05, 4.69) is 0 Å². The van der Waals surface area contributed by atoms with Gasteiger partial charge in [0.05, 0.1) is 32.3 Å². The molecule has 0 amide bonds. The smallest absolute Gasteiger partial charge is 0.344 e. The van der Waals surface area contributed by atoms with Gasteiger partial charge in [0.2, 0.25) is 0 Å². The highest BCUT2D eigenvalue weighted by atomic mass is 16.5. The van der Waals surface area contributed by atoms with E-state index < -0.39 is 11.2 Å². The Morgan fingerprint density at radius 1 is 0.690 bits per heavy atom.